The third-order valence-electron chi connectivity index (χ3n) is 7.61. The molecule has 0 radical (unpaired) electrons. The Morgan fingerprint density at radius 3 is 2.08 bits per heavy atom. The first-order valence-corrected chi connectivity index (χ1v) is 12.2. The van der Waals surface area contributed by atoms with E-state index < -0.39 is 18.3 Å². The molecule has 0 bridgehead atoms. The smallest absolute Gasteiger partial charge is 0.456 e. The summed E-state index contributed by atoms with van der Waals surface area (Å²) in [7, 11) is -0.470. The zero-order valence-electron chi connectivity index (χ0n) is 20.8. The van der Waals surface area contributed by atoms with Gasteiger partial charge in [-0.05, 0) is 79.7 Å². The van der Waals surface area contributed by atoms with Crippen molar-refractivity contribution >= 4 is 34.5 Å². The van der Waals surface area contributed by atoms with Crippen molar-refractivity contribution < 1.29 is 13.7 Å². The molecule has 36 heavy (non-hydrogen) atoms. The van der Waals surface area contributed by atoms with Crippen LogP contribution in [0, 0.1) is 11.3 Å². The van der Waals surface area contributed by atoms with Crippen LogP contribution in [0.3, 0.4) is 0 Å². The molecule has 1 aromatic heterocycles. The molecule has 6 rings (SSSR count). The SMILES string of the molecule is CC1(C)OB(c2cccc3oc4ccc(-c5ccc(-c6ccccc6C#N)cc5)cc4c23)OC1(C)C. The summed E-state index contributed by atoms with van der Waals surface area (Å²) >= 11 is 0. The third kappa shape index (κ3) is 3.53. The molecule has 0 amide bonds. The molecule has 0 unspecified atom stereocenters. The molecule has 4 aromatic carbocycles. The van der Waals surface area contributed by atoms with E-state index in [0.717, 1.165) is 49.7 Å². The van der Waals surface area contributed by atoms with E-state index in [9.17, 15) is 5.26 Å². The first kappa shape index (κ1) is 22.6. The van der Waals surface area contributed by atoms with Crippen molar-refractivity contribution in [2.45, 2.75) is 38.9 Å². The van der Waals surface area contributed by atoms with Gasteiger partial charge >= 0.3 is 7.12 Å². The monoisotopic (exact) mass is 471 g/mol. The lowest BCUT2D eigenvalue weighted by atomic mass is 9.76. The number of furan rings is 1. The maximum absolute atomic E-state index is 9.46. The van der Waals surface area contributed by atoms with E-state index in [-0.39, 0.29) is 0 Å². The van der Waals surface area contributed by atoms with Crippen LogP contribution in [0.4, 0.5) is 0 Å². The van der Waals surface area contributed by atoms with E-state index in [4.69, 9.17) is 13.7 Å². The fraction of sp³-hybridized carbons (Fsp3) is 0.194. The number of nitriles is 1. The lowest BCUT2D eigenvalue weighted by Crippen LogP contribution is -2.41. The predicted octanol–water partition coefficient (Wildman–Crippen LogP) is 7.09. The van der Waals surface area contributed by atoms with Crippen LogP contribution in [-0.2, 0) is 9.31 Å². The molecule has 0 atom stereocenters. The molecule has 1 saturated heterocycles. The second-order valence-electron chi connectivity index (χ2n) is 10.4. The Hall–Kier alpha value is -3.85. The van der Waals surface area contributed by atoms with Gasteiger partial charge < -0.3 is 13.7 Å². The van der Waals surface area contributed by atoms with Crippen LogP contribution in [0.1, 0.15) is 33.3 Å². The molecule has 0 spiro atoms. The highest BCUT2D eigenvalue weighted by molar-refractivity contribution is 6.66. The van der Waals surface area contributed by atoms with Crippen LogP contribution < -0.4 is 5.46 Å². The maximum atomic E-state index is 9.46. The maximum Gasteiger partial charge on any atom is 0.495 e. The van der Waals surface area contributed by atoms with E-state index >= 15 is 0 Å². The van der Waals surface area contributed by atoms with Gasteiger partial charge in [-0.1, -0.05) is 60.7 Å². The Kier molecular flexibility index (Phi) is 5.08. The van der Waals surface area contributed by atoms with E-state index in [1.807, 2.05) is 42.5 Å². The van der Waals surface area contributed by atoms with Gasteiger partial charge in [-0.25, -0.2) is 0 Å². The standard InChI is InChI=1S/C31H26BNO3/c1-30(2)31(3,4)36-32(35-30)26-10-7-11-28-29(26)25-18-22(16-17-27(25)34-28)20-12-14-21(15-13-20)24-9-6-5-8-23(24)19-33/h5-18H,1-4H3. The quantitative estimate of drug-likeness (QED) is 0.264. The van der Waals surface area contributed by atoms with Crippen LogP contribution >= 0.6 is 0 Å². The van der Waals surface area contributed by atoms with E-state index in [0.29, 0.717) is 5.56 Å². The molecular weight excluding hydrogens is 445 g/mol. The van der Waals surface area contributed by atoms with Gasteiger partial charge in [-0.15, -0.1) is 0 Å². The Labute approximate surface area is 211 Å². The first-order valence-electron chi connectivity index (χ1n) is 12.2. The van der Waals surface area contributed by atoms with Gasteiger partial charge in [0.2, 0.25) is 0 Å². The van der Waals surface area contributed by atoms with Crippen molar-refractivity contribution in [3.05, 3.63) is 90.5 Å². The average Bonchev–Trinajstić information content (AvgIpc) is 3.36. The molecular formula is C31H26BNO3. The van der Waals surface area contributed by atoms with E-state index in [1.165, 1.54) is 0 Å². The van der Waals surface area contributed by atoms with Crippen molar-refractivity contribution in [2.24, 2.45) is 0 Å². The number of benzene rings is 4. The summed E-state index contributed by atoms with van der Waals surface area (Å²) < 4.78 is 19.0. The van der Waals surface area contributed by atoms with Crippen LogP contribution in [0.25, 0.3) is 44.2 Å². The average molecular weight is 471 g/mol. The molecule has 1 aliphatic heterocycles. The molecule has 176 valence electrons. The molecule has 2 heterocycles. The summed E-state index contributed by atoms with van der Waals surface area (Å²) in [5.74, 6) is 0. The van der Waals surface area contributed by atoms with Gasteiger partial charge in [0.25, 0.3) is 0 Å². The number of hydrogen-bond acceptors (Lipinski definition) is 4. The first-order chi connectivity index (χ1) is 17.3. The topological polar surface area (TPSA) is 55.4 Å². The molecule has 0 N–H and O–H groups in total. The van der Waals surface area contributed by atoms with Crippen LogP contribution in [0.15, 0.2) is 89.3 Å². The normalized spacial score (nSPS) is 16.5. The van der Waals surface area contributed by atoms with Gasteiger partial charge in [-0.3, -0.25) is 0 Å². The summed E-state index contributed by atoms with van der Waals surface area (Å²) in [4.78, 5) is 0. The van der Waals surface area contributed by atoms with Crippen LogP contribution in [0.5, 0.6) is 0 Å². The van der Waals surface area contributed by atoms with E-state index in [1.54, 1.807) is 0 Å². The highest BCUT2D eigenvalue weighted by atomic mass is 16.7. The summed E-state index contributed by atoms with van der Waals surface area (Å²) in [6, 6.07) is 30.6. The lowest BCUT2D eigenvalue weighted by Gasteiger charge is -2.32. The van der Waals surface area contributed by atoms with Gasteiger partial charge in [0.15, 0.2) is 0 Å². The highest BCUT2D eigenvalue weighted by Crippen LogP contribution is 2.39. The Morgan fingerprint density at radius 2 is 1.36 bits per heavy atom. The summed E-state index contributed by atoms with van der Waals surface area (Å²) in [6.45, 7) is 8.27. The Morgan fingerprint density at radius 1 is 0.694 bits per heavy atom. The molecule has 0 aliphatic carbocycles. The molecule has 5 aromatic rings. The molecule has 4 nitrogen and oxygen atoms in total. The zero-order valence-corrected chi connectivity index (χ0v) is 20.8. The second-order valence-corrected chi connectivity index (χ2v) is 10.4. The highest BCUT2D eigenvalue weighted by Gasteiger charge is 2.52. The van der Waals surface area contributed by atoms with Gasteiger partial charge in [-0.2, -0.15) is 5.26 Å². The molecule has 1 fully saturated rings. The summed E-state index contributed by atoms with van der Waals surface area (Å²) in [5.41, 5.74) is 6.61. The largest absolute Gasteiger partial charge is 0.495 e. The van der Waals surface area contributed by atoms with Crippen LogP contribution in [-0.4, -0.2) is 18.3 Å². The molecule has 5 heteroatoms. The zero-order chi connectivity index (χ0) is 25.1. The van der Waals surface area contributed by atoms with Crippen molar-refractivity contribution in [2.75, 3.05) is 0 Å². The van der Waals surface area contributed by atoms with Gasteiger partial charge in [0.1, 0.15) is 11.2 Å². The van der Waals surface area contributed by atoms with Crippen molar-refractivity contribution in [1.82, 2.24) is 0 Å². The number of hydrogen-bond donors (Lipinski definition) is 0. The van der Waals surface area contributed by atoms with E-state index in [2.05, 4.69) is 76.2 Å². The van der Waals surface area contributed by atoms with Crippen molar-refractivity contribution in [3.8, 4) is 28.3 Å². The fourth-order valence-electron chi connectivity index (χ4n) is 4.87. The minimum absolute atomic E-state index is 0.420. The third-order valence-corrected chi connectivity index (χ3v) is 7.61. The molecule has 1 aliphatic rings. The number of rotatable bonds is 3. The lowest BCUT2D eigenvalue weighted by molar-refractivity contribution is 0.00578. The minimum Gasteiger partial charge on any atom is -0.456 e. The number of fused-ring (bicyclic) bond motifs is 3. The Balaban J connectivity index is 1.43. The van der Waals surface area contributed by atoms with Crippen LogP contribution in [0.2, 0.25) is 0 Å². The summed E-state index contributed by atoms with van der Waals surface area (Å²) in [6.07, 6.45) is 0. The Bertz CT molecular complexity index is 1640. The minimum atomic E-state index is -0.470. The van der Waals surface area contributed by atoms with Gasteiger partial charge in [0.05, 0.1) is 22.8 Å². The fourth-order valence-corrected chi connectivity index (χ4v) is 4.87. The molecule has 0 saturated carbocycles. The number of nitrogens with zero attached hydrogens (tertiary/aromatic N) is 1. The predicted molar refractivity (Wildman–Crippen MR) is 145 cm³/mol. The summed E-state index contributed by atoms with van der Waals surface area (Å²) in [5, 5.41) is 11.5. The van der Waals surface area contributed by atoms with Crippen molar-refractivity contribution in [1.29, 1.82) is 5.26 Å². The second kappa shape index (κ2) is 8.10. The van der Waals surface area contributed by atoms with Crippen molar-refractivity contribution in [3.63, 3.8) is 0 Å². The van der Waals surface area contributed by atoms with Gasteiger partial charge in [0, 0.05) is 10.8 Å².